The van der Waals surface area contributed by atoms with Crippen molar-refractivity contribution in [1.82, 2.24) is 9.97 Å². The minimum atomic E-state index is -1.19. The highest BCUT2D eigenvalue weighted by molar-refractivity contribution is 5.85. The van der Waals surface area contributed by atoms with Crippen molar-refractivity contribution >= 4 is 24.3 Å². The summed E-state index contributed by atoms with van der Waals surface area (Å²) in [5, 5.41) is 8.63. The molecule has 1 rings (SSSR count). The van der Waals surface area contributed by atoms with E-state index in [4.69, 9.17) is 9.84 Å². The average molecular weight is 263 g/mol. The Bertz CT molecular complexity index is 399. The van der Waals surface area contributed by atoms with Crippen molar-refractivity contribution in [3.05, 3.63) is 18.0 Å². The fourth-order valence-electron chi connectivity index (χ4n) is 0.856. The van der Waals surface area contributed by atoms with Gasteiger partial charge in [-0.05, 0) is 13.0 Å². The highest BCUT2D eigenvalue weighted by Crippen LogP contribution is 2.02. The number of esters is 1. The summed E-state index contributed by atoms with van der Waals surface area (Å²) in [7, 11) is 0. The first-order valence-electron chi connectivity index (χ1n) is 4.48. The number of carbonyl (C=O) groups excluding carboxylic acids is 1. The van der Waals surface area contributed by atoms with E-state index in [-0.39, 0.29) is 37.3 Å². The summed E-state index contributed by atoms with van der Waals surface area (Å²) in [6.07, 6.45) is 1.23. The third-order valence-corrected chi connectivity index (χ3v) is 1.48. The van der Waals surface area contributed by atoms with Crippen LogP contribution in [0.1, 0.15) is 17.4 Å². The molecule has 1 aromatic heterocycles. The van der Waals surface area contributed by atoms with Gasteiger partial charge < -0.3 is 14.6 Å². The van der Waals surface area contributed by atoms with E-state index >= 15 is 0 Å². The van der Waals surface area contributed by atoms with E-state index in [1.54, 1.807) is 6.92 Å². The molecule has 0 atom stereocenters. The number of rotatable bonds is 5. The third-order valence-electron chi connectivity index (χ3n) is 1.48. The molecule has 0 aliphatic carbocycles. The van der Waals surface area contributed by atoms with Crippen molar-refractivity contribution in [1.29, 1.82) is 0 Å². The zero-order chi connectivity index (χ0) is 12.0. The van der Waals surface area contributed by atoms with Crippen molar-refractivity contribution in [2.75, 3.05) is 13.2 Å². The van der Waals surface area contributed by atoms with Crippen LogP contribution in [-0.2, 0) is 9.53 Å². The number of hydrogen-bond acceptors (Lipinski definition) is 6. The van der Waals surface area contributed by atoms with Crippen molar-refractivity contribution < 1.29 is 24.2 Å². The van der Waals surface area contributed by atoms with E-state index < -0.39 is 11.9 Å². The second-order valence-electron chi connectivity index (χ2n) is 2.62. The minimum Gasteiger partial charge on any atom is -0.477 e. The van der Waals surface area contributed by atoms with Crippen LogP contribution < -0.4 is 4.74 Å². The van der Waals surface area contributed by atoms with Crippen LogP contribution in [0.15, 0.2) is 12.3 Å². The SMILES string of the molecule is CCOC(=O)COc1nccc(C(=O)O)n1.Cl. The molecule has 0 fully saturated rings. The van der Waals surface area contributed by atoms with Gasteiger partial charge >= 0.3 is 17.9 Å². The van der Waals surface area contributed by atoms with E-state index in [1.807, 2.05) is 0 Å². The van der Waals surface area contributed by atoms with Crippen LogP contribution in [0, 0.1) is 0 Å². The Morgan fingerprint density at radius 1 is 1.47 bits per heavy atom. The lowest BCUT2D eigenvalue weighted by Gasteiger charge is -2.03. The first-order valence-corrected chi connectivity index (χ1v) is 4.48. The van der Waals surface area contributed by atoms with Crippen LogP contribution in [0.4, 0.5) is 0 Å². The summed E-state index contributed by atoms with van der Waals surface area (Å²) in [6.45, 7) is 1.56. The predicted molar refractivity (Wildman–Crippen MR) is 58.4 cm³/mol. The largest absolute Gasteiger partial charge is 0.477 e. The van der Waals surface area contributed by atoms with Gasteiger partial charge in [-0.15, -0.1) is 12.4 Å². The lowest BCUT2D eigenvalue weighted by molar-refractivity contribution is -0.145. The number of carboxylic acid groups (broad SMARTS) is 1. The number of halogens is 1. The lowest BCUT2D eigenvalue weighted by Crippen LogP contribution is -2.16. The van der Waals surface area contributed by atoms with Crippen LogP contribution >= 0.6 is 12.4 Å². The van der Waals surface area contributed by atoms with E-state index in [2.05, 4.69) is 14.7 Å². The fourth-order valence-corrected chi connectivity index (χ4v) is 0.856. The smallest absolute Gasteiger partial charge is 0.354 e. The van der Waals surface area contributed by atoms with E-state index in [9.17, 15) is 9.59 Å². The van der Waals surface area contributed by atoms with Crippen LogP contribution in [-0.4, -0.2) is 40.2 Å². The first kappa shape index (κ1) is 15.1. The number of carboxylic acids is 1. The monoisotopic (exact) mass is 262 g/mol. The van der Waals surface area contributed by atoms with E-state index in [0.717, 1.165) is 0 Å². The summed E-state index contributed by atoms with van der Waals surface area (Å²) in [6, 6.07) is 1.05. The Morgan fingerprint density at radius 3 is 2.76 bits per heavy atom. The molecule has 0 bridgehead atoms. The number of aromatic nitrogens is 2. The van der Waals surface area contributed by atoms with Crippen molar-refractivity contribution in [2.45, 2.75) is 6.92 Å². The molecule has 0 spiro atoms. The number of aromatic carboxylic acids is 1. The zero-order valence-corrected chi connectivity index (χ0v) is 9.77. The Balaban J connectivity index is 0.00000256. The molecule has 94 valence electrons. The Hall–Kier alpha value is -1.89. The predicted octanol–water partition coefficient (Wildman–Crippen LogP) is 0.538. The van der Waals surface area contributed by atoms with Crippen LogP contribution in [0.2, 0.25) is 0 Å². The van der Waals surface area contributed by atoms with Crippen molar-refractivity contribution in [3.8, 4) is 6.01 Å². The molecule has 0 aliphatic heterocycles. The van der Waals surface area contributed by atoms with Crippen LogP contribution in [0.5, 0.6) is 6.01 Å². The second-order valence-corrected chi connectivity index (χ2v) is 2.62. The van der Waals surface area contributed by atoms with Gasteiger partial charge in [0, 0.05) is 6.20 Å². The van der Waals surface area contributed by atoms with Gasteiger partial charge in [0.15, 0.2) is 12.3 Å². The molecule has 0 saturated carbocycles. The van der Waals surface area contributed by atoms with Gasteiger partial charge in [-0.25, -0.2) is 14.6 Å². The molecular weight excluding hydrogens is 252 g/mol. The molecular formula is C9H11ClN2O5. The molecule has 0 amide bonds. The second kappa shape index (κ2) is 7.39. The van der Waals surface area contributed by atoms with Crippen LogP contribution in [0.3, 0.4) is 0 Å². The number of nitrogens with zero attached hydrogens (tertiary/aromatic N) is 2. The maximum Gasteiger partial charge on any atom is 0.354 e. The molecule has 17 heavy (non-hydrogen) atoms. The minimum absolute atomic E-state index is 0. The van der Waals surface area contributed by atoms with E-state index in [0.29, 0.717) is 0 Å². The summed E-state index contributed by atoms with van der Waals surface area (Å²) in [4.78, 5) is 28.7. The van der Waals surface area contributed by atoms with Crippen LogP contribution in [0.25, 0.3) is 0 Å². The molecule has 0 saturated heterocycles. The average Bonchev–Trinajstić information content (AvgIpc) is 2.27. The molecule has 0 unspecified atom stereocenters. The summed E-state index contributed by atoms with van der Waals surface area (Å²) in [5.74, 6) is -1.75. The molecule has 1 aromatic rings. The van der Waals surface area contributed by atoms with Gasteiger partial charge in [0.25, 0.3) is 0 Å². The first-order chi connectivity index (χ1) is 7.63. The molecule has 1 N–H and O–H groups in total. The van der Waals surface area contributed by atoms with Gasteiger partial charge in [-0.3, -0.25) is 0 Å². The van der Waals surface area contributed by atoms with Crippen molar-refractivity contribution in [3.63, 3.8) is 0 Å². The number of carbonyl (C=O) groups is 2. The summed E-state index contributed by atoms with van der Waals surface area (Å²) < 4.78 is 9.46. The molecule has 1 heterocycles. The van der Waals surface area contributed by atoms with Gasteiger partial charge in [0.1, 0.15) is 0 Å². The molecule has 8 heteroatoms. The van der Waals surface area contributed by atoms with Gasteiger partial charge in [-0.1, -0.05) is 0 Å². The molecule has 0 radical (unpaired) electrons. The molecule has 7 nitrogen and oxygen atoms in total. The molecule has 0 aromatic carbocycles. The maximum absolute atomic E-state index is 10.9. The Morgan fingerprint density at radius 2 is 2.18 bits per heavy atom. The quantitative estimate of drug-likeness (QED) is 0.773. The summed E-state index contributed by atoms with van der Waals surface area (Å²) in [5.41, 5.74) is -0.200. The van der Waals surface area contributed by atoms with Gasteiger partial charge in [-0.2, -0.15) is 4.98 Å². The number of ether oxygens (including phenoxy) is 2. The van der Waals surface area contributed by atoms with Crippen molar-refractivity contribution in [2.24, 2.45) is 0 Å². The fraction of sp³-hybridized carbons (Fsp3) is 0.333. The lowest BCUT2D eigenvalue weighted by atomic mass is 10.4. The topological polar surface area (TPSA) is 98.6 Å². The standard InChI is InChI=1S/C9H10N2O5.ClH/c1-2-15-7(12)5-16-9-10-4-3-6(11-9)8(13)14;/h3-4H,2,5H2,1H3,(H,13,14);1H. The normalized spacial score (nSPS) is 9.00. The zero-order valence-electron chi connectivity index (χ0n) is 8.95. The third kappa shape index (κ3) is 5.12. The number of hydrogen-bond donors (Lipinski definition) is 1. The Labute approximate surface area is 103 Å². The Kier molecular flexibility index (Phi) is 6.57. The van der Waals surface area contributed by atoms with Gasteiger partial charge in [0.2, 0.25) is 0 Å². The van der Waals surface area contributed by atoms with Gasteiger partial charge in [0.05, 0.1) is 6.61 Å². The molecule has 0 aliphatic rings. The van der Waals surface area contributed by atoms with E-state index in [1.165, 1.54) is 12.3 Å². The highest BCUT2D eigenvalue weighted by Gasteiger charge is 2.09. The summed E-state index contributed by atoms with van der Waals surface area (Å²) >= 11 is 0. The highest BCUT2D eigenvalue weighted by atomic mass is 35.5. The maximum atomic E-state index is 10.9.